The van der Waals surface area contributed by atoms with Crippen molar-refractivity contribution in [2.24, 2.45) is 0 Å². The largest absolute Gasteiger partial charge is 0.304 e. The van der Waals surface area contributed by atoms with E-state index in [0.29, 0.717) is 4.95 Å². The monoisotopic (exact) mass is 229 g/mol. The van der Waals surface area contributed by atoms with Gasteiger partial charge in [-0.1, -0.05) is 31.9 Å². The topological polar surface area (TPSA) is 12.0 Å². The molecule has 0 aromatic rings. The average molecular weight is 231 g/mol. The first-order chi connectivity index (χ1) is 3.27. The molecule has 0 heterocycles. The van der Waals surface area contributed by atoms with Crippen LogP contribution in [0.25, 0.3) is 0 Å². The zero-order chi connectivity index (χ0) is 5.70. The summed E-state index contributed by atoms with van der Waals surface area (Å²) in [5.41, 5.74) is 0. The number of halogens is 2. The van der Waals surface area contributed by atoms with E-state index in [4.69, 9.17) is 0 Å². The number of hydrogen-bond donors (Lipinski definition) is 1. The van der Waals surface area contributed by atoms with E-state index in [9.17, 15) is 0 Å². The van der Waals surface area contributed by atoms with E-state index < -0.39 is 0 Å². The van der Waals surface area contributed by atoms with Crippen molar-refractivity contribution in [1.29, 1.82) is 0 Å². The van der Waals surface area contributed by atoms with Crippen LogP contribution in [0.5, 0.6) is 0 Å². The normalized spacial score (nSPS) is 14.1. The third kappa shape index (κ3) is 6.92. The van der Waals surface area contributed by atoms with Gasteiger partial charge in [-0.3, -0.25) is 0 Å². The number of nitrogens with one attached hydrogen (secondary N) is 1. The van der Waals surface area contributed by atoms with Gasteiger partial charge < -0.3 is 5.32 Å². The Labute approximate surface area is 61.1 Å². The van der Waals surface area contributed by atoms with Gasteiger partial charge in [-0.2, -0.15) is 0 Å². The molecule has 0 saturated carbocycles. The van der Waals surface area contributed by atoms with E-state index in [1.54, 1.807) is 0 Å². The maximum Gasteiger partial charge on any atom is 0.0602 e. The van der Waals surface area contributed by atoms with Crippen LogP contribution in [0.4, 0.5) is 0 Å². The molecule has 0 amide bonds. The SMILES string of the molecule is CC(Br)NCCBr. The van der Waals surface area contributed by atoms with Crippen LogP contribution >= 0.6 is 31.9 Å². The Morgan fingerprint density at radius 3 is 2.43 bits per heavy atom. The van der Waals surface area contributed by atoms with E-state index in [1.807, 2.05) is 0 Å². The lowest BCUT2D eigenvalue weighted by Gasteiger charge is -2.01. The molecule has 0 aliphatic heterocycles. The molecule has 0 aromatic heterocycles. The first-order valence-corrected chi connectivity index (χ1v) is 4.24. The van der Waals surface area contributed by atoms with Crippen molar-refractivity contribution in [1.82, 2.24) is 5.32 Å². The van der Waals surface area contributed by atoms with Crippen molar-refractivity contribution >= 4 is 31.9 Å². The first-order valence-electron chi connectivity index (χ1n) is 2.21. The molecule has 44 valence electrons. The number of hydrogen-bond acceptors (Lipinski definition) is 1. The third-order valence-corrected chi connectivity index (χ3v) is 1.24. The highest BCUT2D eigenvalue weighted by Gasteiger charge is 1.88. The molecule has 0 saturated heterocycles. The third-order valence-electron chi connectivity index (χ3n) is 0.520. The highest BCUT2D eigenvalue weighted by Crippen LogP contribution is 1.89. The fourth-order valence-corrected chi connectivity index (χ4v) is 0.711. The smallest absolute Gasteiger partial charge is 0.0602 e. The quantitative estimate of drug-likeness (QED) is 0.575. The Kier molecular flexibility index (Phi) is 5.73. The zero-order valence-electron chi connectivity index (χ0n) is 4.25. The van der Waals surface area contributed by atoms with Gasteiger partial charge in [0.1, 0.15) is 0 Å². The van der Waals surface area contributed by atoms with Crippen molar-refractivity contribution in [2.75, 3.05) is 11.9 Å². The Morgan fingerprint density at radius 2 is 2.29 bits per heavy atom. The lowest BCUT2D eigenvalue weighted by atomic mass is 10.7. The molecule has 7 heavy (non-hydrogen) atoms. The lowest BCUT2D eigenvalue weighted by molar-refractivity contribution is 0.737. The van der Waals surface area contributed by atoms with Gasteiger partial charge in [0.25, 0.3) is 0 Å². The molecular weight excluding hydrogens is 222 g/mol. The van der Waals surface area contributed by atoms with Crippen LogP contribution in [0.1, 0.15) is 6.92 Å². The fraction of sp³-hybridized carbons (Fsp3) is 1.00. The maximum atomic E-state index is 3.34. The van der Waals surface area contributed by atoms with Gasteiger partial charge in [-0.25, -0.2) is 0 Å². The molecule has 0 bridgehead atoms. The van der Waals surface area contributed by atoms with Crippen LogP contribution in [0.15, 0.2) is 0 Å². The predicted octanol–water partition coefficient (Wildman–Crippen LogP) is 1.71. The second-order valence-corrected chi connectivity index (χ2v) is 3.43. The minimum absolute atomic E-state index is 0.435. The van der Waals surface area contributed by atoms with Gasteiger partial charge in [-0.05, 0) is 6.92 Å². The summed E-state index contributed by atoms with van der Waals surface area (Å²) in [6, 6.07) is 0. The van der Waals surface area contributed by atoms with Gasteiger partial charge in [0, 0.05) is 11.9 Å². The maximum absolute atomic E-state index is 3.34. The van der Waals surface area contributed by atoms with Crippen LogP contribution in [-0.2, 0) is 0 Å². The molecule has 1 N–H and O–H groups in total. The van der Waals surface area contributed by atoms with E-state index in [2.05, 4.69) is 44.1 Å². The highest BCUT2D eigenvalue weighted by atomic mass is 79.9. The van der Waals surface area contributed by atoms with Gasteiger partial charge in [-0.15, -0.1) is 0 Å². The molecule has 0 aliphatic carbocycles. The van der Waals surface area contributed by atoms with Gasteiger partial charge >= 0.3 is 0 Å². The fourth-order valence-electron chi connectivity index (χ4n) is 0.253. The van der Waals surface area contributed by atoms with Crippen LogP contribution < -0.4 is 5.32 Å². The zero-order valence-corrected chi connectivity index (χ0v) is 7.42. The highest BCUT2D eigenvalue weighted by molar-refractivity contribution is 9.09. The van der Waals surface area contributed by atoms with Crippen molar-refractivity contribution < 1.29 is 0 Å². The lowest BCUT2D eigenvalue weighted by Crippen LogP contribution is -2.21. The summed E-state index contributed by atoms with van der Waals surface area (Å²) in [5, 5.41) is 4.18. The molecule has 1 atom stereocenters. The summed E-state index contributed by atoms with van der Waals surface area (Å²) in [6.45, 7) is 3.08. The van der Waals surface area contributed by atoms with Crippen molar-refractivity contribution in [3.63, 3.8) is 0 Å². The van der Waals surface area contributed by atoms with Crippen LogP contribution in [-0.4, -0.2) is 16.8 Å². The standard InChI is InChI=1S/C4H9Br2N/c1-4(6)7-3-2-5/h4,7H,2-3H2,1H3. The minimum atomic E-state index is 0.435. The molecular formula is C4H9Br2N. The number of alkyl halides is 2. The Bertz CT molecular complexity index is 38.7. The van der Waals surface area contributed by atoms with Crippen molar-refractivity contribution in [3.05, 3.63) is 0 Å². The molecule has 0 radical (unpaired) electrons. The molecule has 0 spiro atoms. The Morgan fingerprint density at radius 1 is 1.71 bits per heavy atom. The molecule has 0 fully saturated rings. The minimum Gasteiger partial charge on any atom is -0.304 e. The summed E-state index contributed by atoms with van der Waals surface area (Å²) < 4.78 is 0. The summed E-state index contributed by atoms with van der Waals surface area (Å²) in [5.74, 6) is 0. The first kappa shape index (κ1) is 7.92. The van der Waals surface area contributed by atoms with Crippen LogP contribution in [0, 0.1) is 0 Å². The van der Waals surface area contributed by atoms with E-state index in [0.717, 1.165) is 11.9 Å². The summed E-state index contributed by atoms with van der Waals surface area (Å²) in [4.78, 5) is 0.435. The molecule has 0 aromatic carbocycles. The van der Waals surface area contributed by atoms with Crippen LogP contribution in [0.2, 0.25) is 0 Å². The Hall–Kier alpha value is 0.920. The summed E-state index contributed by atoms with van der Waals surface area (Å²) in [6.07, 6.45) is 0. The van der Waals surface area contributed by atoms with Crippen LogP contribution in [0.3, 0.4) is 0 Å². The van der Waals surface area contributed by atoms with Gasteiger partial charge in [0.15, 0.2) is 0 Å². The van der Waals surface area contributed by atoms with Crippen molar-refractivity contribution in [3.8, 4) is 0 Å². The van der Waals surface area contributed by atoms with E-state index in [-0.39, 0.29) is 0 Å². The summed E-state index contributed by atoms with van der Waals surface area (Å²) >= 11 is 6.64. The average Bonchev–Trinajstić information content (AvgIpc) is 1.61. The van der Waals surface area contributed by atoms with Gasteiger partial charge in [0.2, 0.25) is 0 Å². The van der Waals surface area contributed by atoms with Gasteiger partial charge in [0.05, 0.1) is 4.95 Å². The molecule has 0 rings (SSSR count). The second-order valence-electron chi connectivity index (χ2n) is 1.26. The van der Waals surface area contributed by atoms with Crippen molar-refractivity contribution in [2.45, 2.75) is 11.9 Å². The molecule has 3 heteroatoms. The predicted molar refractivity (Wildman–Crippen MR) is 40.2 cm³/mol. The number of rotatable bonds is 3. The second kappa shape index (κ2) is 5.06. The summed E-state index contributed by atoms with van der Waals surface area (Å²) in [7, 11) is 0. The van der Waals surface area contributed by atoms with E-state index >= 15 is 0 Å². The molecule has 1 unspecified atom stereocenters. The molecule has 1 nitrogen and oxygen atoms in total. The Balaban J connectivity index is 2.68. The molecule has 0 aliphatic rings. The van der Waals surface area contributed by atoms with E-state index in [1.165, 1.54) is 0 Å².